The van der Waals surface area contributed by atoms with Crippen molar-refractivity contribution in [2.75, 3.05) is 38.8 Å². The van der Waals surface area contributed by atoms with Crippen LogP contribution in [-0.2, 0) is 4.74 Å². The Morgan fingerprint density at radius 2 is 2.05 bits per heavy atom. The van der Waals surface area contributed by atoms with Gasteiger partial charge < -0.3 is 25.6 Å². The van der Waals surface area contributed by atoms with E-state index in [2.05, 4.69) is 10.3 Å². The van der Waals surface area contributed by atoms with Crippen LogP contribution >= 0.6 is 0 Å². The highest BCUT2D eigenvalue weighted by Gasteiger charge is 1.96. The van der Waals surface area contributed by atoms with Gasteiger partial charge in [-0.05, 0) is 30.7 Å². The molecule has 1 rings (SSSR count). The molecule has 0 aliphatic heterocycles. The average molecular weight is 267 g/mol. The number of methoxy groups -OCH3 is 1. The highest BCUT2D eigenvalue weighted by atomic mass is 16.5. The summed E-state index contributed by atoms with van der Waals surface area (Å²) >= 11 is 0. The SMILES string of the molecule is COc1ccc(NC(N)=NCCCOCCO)cc1. The van der Waals surface area contributed by atoms with Crippen molar-refractivity contribution in [3.8, 4) is 5.75 Å². The molecule has 0 fully saturated rings. The molecule has 0 aromatic heterocycles. The van der Waals surface area contributed by atoms with Crippen LogP contribution in [0.2, 0.25) is 0 Å². The number of nitrogens with two attached hydrogens (primary N) is 1. The van der Waals surface area contributed by atoms with Crippen LogP contribution in [0.3, 0.4) is 0 Å². The number of hydrogen-bond donors (Lipinski definition) is 3. The number of rotatable bonds is 8. The van der Waals surface area contributed by atoms with Gasteiger partial charge in [0, 0.05) is 18.8 Å². The second-order valence-corrected chi connectivity index (χ2v) is 3.81. The first-order chi connectivity index (χ1) is 9.26. The van der Waals surface area contributed by atoms with E-state index < -0.39 is 0 Å². The summed E-state index contributed by atoms with van der Waals surface area (Å²) in [6.45, 7) is 1.56. The molecule has 6 heteroatoms. The molecule has 0 unspecified atom stereocenters. The Hall–Kier alpha value is -1.79. The number of guanidine groups is 1. The van der Waals surface area contributed by atoms with E-state index in [4.69, 9.17) is 20.3 Å². The number of benzene rings is 1. The smallest absolute Gasteiger partial charge is 0.193 e. The number of anilines is 1. The monoisotopic (exact) mass is 267 g/mol. The van der Waals surface area contributed by atoms with Gasteiger partial charge in [-0.2, -0.15) is 0 Å². The fourth-order valence-corrected chi connectivity index (χ4v) is 1.39. The Balaban J connectivity index is 2.26. The van der Waals surface area contributed by atoms with E-state index in [1.807, 2.05) is 24.3 Å². The lowest BCUT2D eigenvalue weighted by atomic mass is 10.3. The van der Waals surface area contributed by atoms with E-state index in [0.717, 1.165) is 17.9 Å². The normalized spacial score (nSPS) is 11.4. The number of ether oxygens (including phenoxy) is 2. The number of nitrogens with one attached hydrogen (secondary N) is 1. The fraction of sp³-hybridized carbons (Fsp3) is 0.462. The van der Waals surface area contributed by atoms with Crippen molar-refractivity contribution in [1.82, 2.24) is 0 Å². The van der Waals surface area contributed by atoms with E-state index in [0.29, 0.717) is 25.7 Å². The van der Waals surface area contributed by atoms with Gasteiger partial charge in [-0.15, -0.1) is 0 Å². The van der Waals surface area contributed by atoms with Crippen LogP contribution in [0.15, 0.2) is 29.3 Å². The third kappa shape index (κ3) is 6.64. The maximum Gasteiger partial charge on any atom is 0.193 e. The lowest BCUT2D eigenvalue weighted by molar-refractivity contribution is 0.0918. The van der Waals surface area contributed by atoms with Crippen molar-refractivity contribution < 1.29 is 14.6 Å². The zero-order valence-corrected chi connectivity index (χ0v) is 11.1. The molecule has 6 nitrogen and oxygen atoms in total. The molecule has 0 saturated heterocycles. The van der Waals surface area contributed by atoms with Crippen molar-refractivity contribution >= 4 is 11.6 Å². The molecule has 0 spiro atoms. The van der Waals surface area contributed by atoms with Crippen molar-refractivity contribution in [1.29, 1.82) is 0 Å². The molecule has 106 valence electrons. The third-order valence-corrected chi connectivity index (χ3v) is 2.33. The first-order valence-electron chi connectivity index (χ1n) is 6.16. The van der Waals surface area contributed by atoms with E-state index >= 15 is 0 Å². The average Bonchev–Trinajstić information content (AvgIpc) is 2.43. The van der Waals surface area contributed by atoms with Crippen LogP contribution in [-0.4, -0.2) is 44.5 Å². The summed E-state index contributed by atoms with van der Waals surface area (Å²) in [6.07, 6.45) is 0.769. The molecule has 0 bridgehead atoms. The third-order valence-electron chi connectivity index (χ3n) is 2.33. The molecule has 19 heavy (non-hydrogen) atoms. The Labute approximate surface area is 113 Å². The van der Waals surface area contributed by atoms with Gasteiger partial charge in [0.1, 0.15) is 5.75 Å². The molecule has 1 aromatic rings. The molecule has 0 aliphatic rings. The van der Waals surface area contributed by atoms with Crippen molar-refractivity contribution in [2.45, 2.75) is 6.42 Å². The van der Waals surface area contributed by atoms with Gasteiger partial charge in [0.2, 0.25) is 0 Å². The topological polar surface area (TPSA) is 89.1 Å². The van der Waals surface area contributed by atoms with Gasteiger partial charge in [0.15, 0.2) is 5.96 Å². The van der Waals surface area contributed by atoms with Crippen LogP contribution < -0.4 is 15.8 Å². The zero-order chi connectivity index (χ0) is 13.9. The Bertz CT molecular complexity index is 379. The first kappa shape index (κ1) is 15.3. The molecule has 1 aromatic carbocycles. The molecular weight excluding hydrogens is 246 g/mol. The summed E-state index contributed by atoms with van der Waals surface area (Å²) in [7, 11) is 1.62. The first-order valence-corrected chi connectivity index (χ1v) is 6.16. The molecule has 0 amide bonds. The van der Waals surface area contributed by atoms with Crippen LogP contribution in [0.25, 0.3) is 0 Å². The summed E-state index contributed by atoms with van der Waals surface area (Å²) in [5, 5.41) is 11.5. The van der Waals surface area contributed by atoms with E-state index in [-0.39, 0.29) is 6.61 Å². The number of hydrogen-bond acceptors (Lipinski definition) is 4. The van der Waals surface area contributed by atoms with Crippen LogP contribution in [0.5, 0.6) is 5.75 Å². The highest BCUT2D eigenvalue weighted by molar-refractivity contribution is 5.92. The Kier molecular flexibility index (Phi) is 7.38. The zero-order valence-electron chi connectivity index (χ0n) is 11.1. The van der Waals surface area contributed by atoms with Crippen molar-refractivity contribution in [2.24, 2.45) is 10.7 Å². The quantitative estimate of drug-likeness (QED) is 0.368. The van der Waals surface area contributed by atoms with Crippen LogP contribution in [0, 0.1) is 0 Å². The standard InChI is InChI=1S/C13H21N3O3/c1-18-12-5-3-11(4-6-12)16-13(14)15-7-2-9-19-10-8-17/h3-6,17H,2,7-10H2,1H3,(H3,14,15,16). The Morgan fingerprint density at radius 3 is 2.68 bits per heavy atom. The van der Waals surface area contributed by atoms with Crippen molar-refractivity contribution in [3.05, 3.63) is 24.3 Å². The van der Waals surface area contributed by atoms with Gasteiger partial charge in [-0.1, -0.05) is 0 Å². The second kappa shape index (κ2) is 9.18. The maximum absolute atomic E-state index is 8.52. The minimum absolute atomic E-state index is 0.0461. The van der Waals surface area contributed by atoms with Gasteiger partial charge in [-0.25, -0.2) is 0 Å². The number of aliphatic hydroxyl groups is 1. The second-order valence-electron chi connectivity index (χ2n) is 3.81. The largest absolute Gasteiger partial charge is 0.497 e. The minimum Gasteiger partial charge on any atom is -0.497 e. The fourth-order valence-electron chi connectivity index (χ4n) is 1.39. The summed E-state index contributed by atoms with van der Waals surface area (Å²) in [4.78, 5) is 4.17. The maximum atomic E-state index is 8.52. The molecule has 0 heterocycles. The summed E-state index contributed by atoms with van der Waals surface area (Å²) < 4.78 is 10.2. The summed E-state index contributed by atoms with van der Waals surface area (Å²) in [6, 6.07) is 7.42. The number of nitrogens with zero attached hydrogens (tertiary/aromatic N) is 1. The number of aliphatic imine (C=N–C) groups is 1. The van der Waals surface area contributed by atoms with Crippen LogP contribution in [0.4, 0.5) is 5.69 Å². The molecule has 4 N–H and O–H groups in total. The number of aliphatic hydroxyl groups excluding tert-OH is 1. The highest BCUT2D eigenvalue weighted by Crippen LogP contribution is 2.14. The van der Waals surface area contributed by atoms with Crippen LogP contribution in [0.1, 0.15) is 6.42 Å². The Morgan fingerprint density at radius 1 is 1.32 bits per heavy atom. The summed E-state index contributed by atoms with van der Waals surface area (Å²) in [5.74, 6) is 1.16. The predicted molar refractivity (Wildman–Crippen MR) is 75.6 cm³/mol. The molecule has 0 radical (unpaired) electrons. The predicted octanol–water partition coefficient (Wildman–Crippen LogP) is 0.821. The van der Waals surface area contributed by atoms with E-state index in [1.54, 1.807) is 7.11 Å². The van der Waals surface area contributed by atoms with Gasteiger partial charge >= 0.3 is 0 Å². The van der Waals surface area contributed by atoms with E-state index in [9.17, 15) is 0 Å². The minimum atomic E-state index is 0.0461. The van der Waals surface area contributed by atoms with Gasteiger partial charge in [-0.3, -0.25) is 4.99 Å². The van der Waals surface area contributed by atoms with Crippen molar-refractivity contribution in [3.63, 3.8) is 0 Å². The van der Waals surface area contributed by atoms with Gasteiger partial charge in [0.05, 0.1) is 20.3 Å². The lowest BCUT2D eigenvalue weighted by Gasteiger charge is -2.06. The molecule has 0 saturated carbocycles. The lowest BCUT2D eigenvalue weighted by Crippen LogP contribution is -2.23. The molecule has 0 atom stereocenters. The molecular formula is C13H21N3O3. The van der Waals surface area contributed by atoms with Gasteiger partial charge in [0.25, 0.3) is 0 Å². The summed E-state index contributed by atoms with van der Waals surface area (Å²) in [5.41, 5.74) is 6.60. The molecule has 0 aliphatic carbocycles. The van der Waals surface area contributed by atoms with E-state index in [1.165, 1.54) is 0 Å².